The fourth-order valence-corrected chi connectivity index (χ4v) is 6.46. The van der Waals surface area contributed by atoms with Crippen molar-refractivity contribution >= 4 is 11.9 Å². The fraction of sp³-hybridized carbons (Fsp3) is 0.559. The van der Waals surface area contributed by atoms with Crippen LogP contribution in [-0.4, -0.2) is 45.1 Å². The Morgan fingerprint density at radius 1 is 1.02 bits per heavy atom. The minimum Gasteiger partial charge on any atom is -0.473 e. The molecule has 1 amide bonds. The van der Waals surface area contributed by atoms with Gasteiger partial charge in [0.1, 0.15) is 17.6 Å². The van der Waals surface area contributed by atoms with Gasteiger partial charge in [0.2, 0.25) is 11.5 Å². The summed E-state index contributed by atoms with van der Waals surface area (Å²) in [5.74, 6) is 2.58. The molecule has 4 aliphatic rings. The zero-order chi connectivity index (χ0) is 33.0. The van der Waals surface area contributed by atoms with Crippen LogP contribution in [0.25, 0.3) is 11.1 Å². The molecule has 4 saturated carbocycles. The van der Waals surface area contributed by atoms with Gasteiger partial charge in [-0.3, -0.25) is 4.90 Å². The summed E-state index contributed by atoms with van der Waals surface area (Å²) in [4.78, 5) is 24.1. The Balaban J connectivity index is 1.25. The summed E-state index contributed by atoms with van der Waals surface area (Å²) in [6.07, 6.45) is 2.47. The highest BCUT2D eigenvalue weighted by Crippen LogP contribution is 2.58. The maximum absolute atomic E-state index is 13.8. The Morgan fingerprint density at radius 3 is 2.26 bits per heavy atom. The third-order valence-electron chi connectivity index (χ3n) is 9.83. The Kier molecular flexibility index (Phi) is 7.81. The molecule has 0 N–H and O–H groups in total. The van der Waals surface area contributed by atoms with Crippen LogP contribution in [0.4, 0.5) is 23.8 Å². The number of fused-ring (bicyclic) bond motifs is 3. The van der Waals surface area contributed by atoms with Gasteiger partial charge < -0.3 is 14.0 Å². The van der Waals surface area contributed by atoms with Gasteiger partial charge >= 0.3 is 12.3 Å². The van der Waals surface area contributed by atoms with Gasteiger partial charge in [-0.25, -0.2) is 9.78 Å². The van der Waals surface area contributed by atoms with E-state index in [-0.39, 0.29) is 23.2 Å². The summed E-state index contributed by atoms with van der Waals surface area (Å²) in [6.45, 7) is 5.19. The molecular formula is C34H38F3N5O4. The van der Waals surface area contributed by atoms with E-state index < -0.39 is 23.5 Å². The SMILES string of the molecule is CC(C)(C#N)Oc1ccc(-c2ccnc(N(CC34CCC(c5nc(C6CC6)no5)(CC3)CC4)C(=O)OC(C)(C)C(F)(F)F)c2)cc1. The summed E-state index contributed by atoms with van der Waals surface area (Å²) >= 11 is 0. The van der Waals surface area contributed by atoms with Crippen molar-refractivity contribution in [2.24, 2.45) is 5.41 Å². The van der Waals surface area contributed by atoms with Crippen LogP contribution in [0.15, 0.2) is 47.1 Å². The number of amides is 1. The van der Waals surface area contributed by atoms with Crippen molar-refractivity contribution in [1.82, 2.24) is 15.1 Å². The van der Waals surface area contributed by atoms with Crippen LogP contribution in [0.5, 0.6) is 5.75 Å². The topological polar surface area (TPSA) is 114 Å². The molecule has 244 valence electrons. The molecule has 2 bridgehead atoms. The Labute approximate surface area is 266 Å². The first-order chi connectivity index (χ1) is 21.6. The number of carbonyl (C=O) groups is 1. The number of nitrogens with zero attached hydrogens (tertiary/aromatic N) is 5. The van der Waals surface area contributed by atoms with Gasteiger partial charge in [0.05, 0.1) is 0 Å². The van der Waals surface area contributed by atoms with Crippen LogP contribution in [0.2, 0.25) is 0 Å². The Bertz CT molecular complexity index is 1610. The summed E-state index contributed by atoms with van der Waals surface area (Å²) in [6, 6.07) is 12.6. The number of ether oxygens (including phenoxy) is 2. The summed E-state index contributed by atoms with van der Waals surface area (Å²) < 4.78 is 58.0. The molecule has 46 heavy (non-hydrogen) atoms. The van der Waals surface area contributed by atoms with Gasteiger partial charge in [0.25, 0.3) is 0 Å². The average molecular weight is 638 g/mol. The fourth-order valence-electron chi connectivity index (χ4n) is 6.46. The van der Waals surface area contributed by atoms with Gasteiger partial charge in [-0.1, -0.05) is 17.3 Å². The minimum absolute atomic E-state index is 0.166. The number of rotatable bonds is 9. The van der Waals surface area contributed by atoms with Crippen LogP contribution in [0.1, 0.15) is 96.7 Å². The van der Waals surface area contributed by atoms with E-state index in [9.17, 15) is 23.2 Å². The third kappa shape index (κ3) is 6.29. The van der Waals surface area contributed by atoms with E-state index in [0.29, 0.717) is 23.1 Å². The van der Waals surface area contributed by atoms with E-state index in [0.717, 1.165) is 76.6 Å². The molecule has 0 atom stereocenters. The lowest BCUT2D eigenvalue weighted by Gasteiger charge is -2.52. The summed E-state index contributed by atoms with van der Waals surface area (Å²) in [7, 11) is 0. The van der Waals surface area contributed by atoms with E-state index in [1.807, 2.05) is 12.1 Å². The number of hydrogen-bond donors (Lipinski definition) is 0. The molecule has 0 radical (unpaired) electrons. The van der Waals surface area contributed by atoms with E-state index in [2.05, 4.69) is 16.2 Å². The first kappa shape index (κ1) is 31.8. The maximum atomic E-state index is 13.8. The highest BCUT2D eigenvalue weighted by molar-refractivity contribution is 5.88. The predicted molar refractivity (Wildman–Crippen MR) is 162 cm³/mol. The standard InChI is InChI=1S/C34H38F3N5O4/c1-30(2,20-38)44-25-9-7-22(8-10-25)24-11-18-39-26(19-24)42(29(43)45-31(3,4)34(35,36)37)21-32-12-15-33(16-13-32,17-14-32)28-40-27(41-46-28)23-5-6-23/h7-11,18-19,23H,5-6,12-17,21H2,1-4H3. The molecule has 3 aromatic rings. The van der Waals surface area contributed by atoms with Crippen molar-refractivity contribution in [1.29, 1.82) is 5.26 Å². The monoisotopic (exact) mass is 637 g/mol. The molecule has 2 aromatic heterocycles. The molecule has 0 unspecified atom stereocenters. The second-order valence-corrected chi connectivity index (χ2v) is 14.1. The number of hydrogen-bond acceptors (Lipinski definition) is 8. The molecule has 12 heteroatoms. The van der Waals surface area contributed by atoms with E-state index in [1.165, 1.54) is 11.1 Å². The first-order valence-corrected chi connectivity index (χ1v) is 15.7. The number of aromatic nitrogens is 3. The second kappa shape index (κ2) is 11.3. The van der Waals surface area contributed by atoms with E-state index in [4.69, 9.17) is 19.0 Å². The highest BCUT2D eigenvalue weighted by Gasteiger charge is 2.55. The summed E-state index contributed by atoms with van der Waals surface area (Å²) in [5, 5.41) is 13.5. The van der Waals surface area contributed by atoms with Crippen molar-refractivity contribution in [3.63, 3.8) is 0 Å². The number of benzene rings is 1. The number of carbonyl (C=O) groups excluding carboxylic acids is 1. The van der Waals surface area contributed by atoms with Crippen molar-refractivity contribution in [3.05, 3.63) is 54.3 Å². The maximum Gasteiger partial charge on any atom is 0.427 e. The number of anilines is 1. The van der Waals surface area contributed by atoms with Gasteiger partial charge in [0, 0.05) is 24.1 Å². The van der Waals surface area contributed by atoms with Crippen molar-refractivity contribution < 1.29 is 32.0 Å². The van der Waals surface area contributed by atoms with Crippen LogP contribution in [-0.2, 0) is 10.2 Å². The third-order valence-corrected chi connectivity index (χ3v) is 9.83. The molecule has 4 aliphatic carbocycles. The van der Waals surface area contributed by atoms with Crippen LogP contribution >= 0.6 is 0 Å². The number of pyridine rings is 1. The van der Waals surface area contributed by atoms with Crippen LogP contribution in [0.3, 0.4) is 0 Å². The van der Waals surface area contributed by atoms with Crippen LogP contribution < -0.4 is 9.64 Å². The molecule has 0 spiro atoms. The smallest absolute Gasteiger partial charge is 0.427 e. The van der Waals surface area contributed by atoms with Crippen LogP contribution in [0, 0.1) is 16.7 Å². The minimum atomic E-state index is -4.76. The number of halogens is 3. The lowest BCUT2D eigenvalue weighted by atomic mass is 9.53. The summed E-state index contributed by atoms with van der Waals surface area (Å²) in [5.41, 5.74) is -2.75. The van der Waals surface area contributed by atoms with Gasteiger partial charge in [0.15, 0.2) is 11.4 Å². The van der Waals surface area contributed by atoms with E-state index >= 15 is 0 Å². The van der Waals surface area contributed by atoms with Crippen molar-refractivity contribution in [2.45, 2.75) is 108 Å². The molecule has 4 fully saturated rings. The zero-order valence-electron chi connectivity index (χ0n) is 26.5. The molecule has 7 rings (SSSR count). The second-order valence-electron chi connectivity index (χ2n) is 14.1. The van der Waals surface area contributed by atoms with E-state index in [1.54, 1.807) is 38.1 Å². The van der Waals surface area contributed by atoms with Crippen molar-refractivity contribution in [3.8, 4) is 22.9 Å². The average Bonchev–Trinajstić information content (AvgIpc) is 3.75. The normalized spacial score (nSPS) is 23.1. The lowest BCUT2D eigenvalue weighted by Crippen LogP contribution is -2.53. The Morgan fingerprint density at radius 2 is 1.67 bits per heavy atom. The molecular weight excluding hydrogens is 599 g/mol. The zero-order valence-corrected chi connectivity index (χ0v) is 26.5. The molecule has 2 heterocycles. The Hall–Kier alpha value is -4.14. The molecule has 1 aromatic carbocycles. The number of alkyl halides is 3. The quantitative estimate of drug-likeness (QED) is 0.230. The molecule has 0 saturated heterocycles. The van der Waals surface area contributed by atoms with Gasteiger partial charge in [-0.15, -0.1) is 0 Å². The highest BCUT2D eigenvalue weighted by atomic mass is 19.4. The molecule has 0 aliphatic heterocycles. The predicted octanol–water partition coefficient (Wildman–Crippen LogP) is 8.27. The number of nitriles is 1. The largest absolute Gasteiger partial charge is 0.473 e. The van der Waals surface area contributed by atoms with Crippen molar-refractivity contribution in [2.75, 3.05) is 11.4 Å². The first-order valence-electron chi connectivity index (χ1n) is 15.7. The van der Waals surface area contributed by atoms with Gasteiger partial charge in [-0.05, 0) is 120 Å². The lowest BCUT2D eigenvalue weighted by molar-refractivity contribution is -0.243. The molecule has 9 nitrogen and oxygen atoms in total. The van der Waals surface area contributed by atoms with Gasteiger partial charge in [-0.2, -0.15) is 23.4 Å².